The molecular formula is C29H41N9O17P2S. The molecule has 0 saturated carbocycles. The third kappa shape index (κ3) is 11.7. The normalized spacial score (nSPS) is 25.3. The molecule has 58 heavy (non-hydrogen) atoms. The number of amides is 1. The van der Waals surface area contributed by atoms with E-state index in [0.29, 0.717) is 0 Å². The van der Waals surface area contributed by atoms with Crippen molar-refractivity contribution in [3.8, 4) is 0 Å². The molecule has 0 bridgehead atoms. The smallest absolute Gasteiger partial charge is 0.455 e. The van der Waals surface area contributed by atoms with E-state index < -0.39 is 117 Å². The Morgan fingerprint density at radius 1 is 1.12 bits per heavy atom. The van der Waals surface area contributed by atoms with Gasteiger partial charge in [0, 0.05) is 25.3 Å². The highest BCUT2D eigenvalue weighted by molar-refractivity contribution is 7.90. The molecule has 0 radical (unpaired) electrons. The number of esters is 1. The molecule has 1 amide bonds. The number of sulfone groups is 1. The molecule has 9 atom stereocenters. The number of aliphatic hydroxyl groups is 1. The monoisotopic (exact) mass is 881 g/mol. The van der Waals surface area contributed by atoms with Crippen molar-refractivity contribution in [2.75, 3.05) is 36.7 Å². The summed E-state index contributed by atoms with van der Waals surface area (Å²) >= 11 is 0. The molecule has 0 spiro atoms. The number of imidazole rings is 1. The van der Waals surface area contributed by atoms with Crippen molar-refractivity contribution >= 4 is 60.2 Å². The Morgan fingerprint density at radius 3 is 2.52 bits per heavy atom. The van der Waals surface area contributed by atoms with E-state index in [0.717, 1.165) is 17.2 Å². The van der Waals surface area contributed by atoms with Crippen LogP contribution in [-0.2, 0) is 56.3 Å². The highest BCUT2D eigenvalue weighted by atomic mass is 32.2. The molecular weight excluding hydrogens is 840 g/mol. The van der Waals surface area contributed by atoms with Crippen molar-refractivity contribution in [2.45, 2.75) is 74.7 Å². The summed E-state index contributed by atoms with van der Waals surface area (Å²) in [4.78, 5) is 83.7. The van der Waals surface area contributed by atoms with Gasteiger partial charge in [0.1, 0.15) is 64.2 Å². The summed E-state index contributed by atoms with van der Waals surface area (Å²) in [6, 6.07) is -0.286. The molecule has 0 aromatic carbocycles. The lowest BCUT2D eigenvalue weighted by Gasteiger charge is -2.25. The number of hydrogen-bond acceptors (Lipinski definition) is 20. The minimum Gasteiger partial charge on any atom is -0.455 e. The minimum atomic E-state index is -5.26. The number of aromatic nitrogens is 6. The van der Waals surface area contributed by atoms with Crippen LogP contribution in [0.2, 0.25) is 0 Å². The van der Waals surface area contributed by atoms with Gasteiger partial charge in [0.05, 0.1) is 25.3 Å². The molecule has 1 unspecified atom stereocenters. The third-order valence-electron chi connectivity index (χ3n) is 8.62. The van der Waals surface area contributed by atoms with E-state index in [-0.39, 0.29) is 42.1 Å². The van der Waals surface area contributed by atoms with Gasteiger partial charge in [0.2, 0.25) is 5.91 Å². The first-order chi connectivity index (χ1) is 27.1. The lowest BCUT2D eigenvalue weighted by atomic mass is 10.1. The number of rotatable bonds is 19. The number of hydrogen-bond donors (Lipinski definition) is 7. The van der Waals surface area contributed by atoms with E-state index in [1.54, 1.807) is 0 Å². The Hall–Kier alpha value is -4.24. The van der Waals surface area contributed by atoms with Crippen molar-refractivity contribution in [3.63, 3.8) is 0 Å². The summed E-state index contributed by atoms with van der Waals surface area (Å²) in [6.45, 7) is 1.70. The number of nitrogens with two attached hydrogens (primary N) is 2. The third-order valence-corrected chi connectivity index (χ3v) is 11.1. The average Bonchev–Trinajstić information content (AvgIpc) is 3.82. The zero-order chi connectivity index (χ0) is 42.6. The van der Waals surface area contributed by atoms with Gasteiger partial charge in [-0.3, -0.25) is 27.5 Å². The molecule has 9 N–H and O–H groups in total. The number of nitrogen functional groups attached to an aromatic ring is 2. The van der Waals surface area contributed by atoms with E-state index in [1.165, 1.54) is 29.2 Å². The van der Waals surface area contributed by atoms with Gasteiger partial charge in [-0.25, -0.2) is 42.1 Å². The Balaban J connectivity index is 1.38. The maximum atomic E-state index is 13.6. The topological polar surface area (TPSA) is 381 Å². The predicted octanol–water partition coefficient (Wildman–Crippen LogP) is -1.80. The van der Waals surface area contributed by atoms with E-state index in [1.807, 2.05) is 0 Å². The first kappa shape index (κ1) is 44.9. The lowest BCUT2D eigenvalue weighted by molar-refractivity contribution is -0.160. The van der Waals surface area contributed by atoms with Crippen LogP contribution in [0.1, 0.15) is 38.1 Å². The number of phosphoric acid groups is 2. The second-order valence-corrected chi connectivity index (χ2v) is 17.9. The maximum Gasteiger partial charge on any atom is 0.472 e. The van der Waals surface area contributed by atoms with Crippen molar-refractivity contribution < 1.29 is 74.7 Å². The fourth-order valence-electron chi connectivity index (χ4n) is 5.90. The largest absolute Gasteiger partial charge is 0.472 e. The second kappa shape index (κ2) is 18.4. The number of carbonyl (C=O) groups is 2. The SMILES string of the molecule is C=CCCC(=O)N[C@H](CCS(C)(=O)=O)C(=O)O[C@H]1[C@@H](O)[C@H](n2cnc3c(N)ncnc32)O[C@H]1COP(=O)(O)O[C@H]1C[C@@H](n2ccc(N)nc2=O)O[C@@H]1COP(=O)(O)O. The molecule has 2 fully saturated rings. The summed E-state index contributed by atoms with van der Waals surface area (Å²) in [5.41, 5.74) is 10.7. The number of carbonyl (C=O) groups excluding carboxylic acids is 2. The van der Waals surface area contributed by atoms with Crippen molar-refractivity contribution in [3.05, 3.63) is 48.1 Å². The summed E-state index contributed by atoms with van der Waals surface area (Å²) in [7, 11) is -14.0. The van der Waals surface area contributed by atoms with Gasteiger partial charge in [0.15, 0.2) is 23.8 Å². The van der Waals surface area contributed by atoms with Crippen molar-refractivity contribution in [2.24, 2.45) is 0 Å². The number of fused-ring (bicyclic) bond motifs is 1. The standard InChI is InChI=1S/C29H41N9O17P2S/c1-3-4-5-20(39)35-15(7-9-58(2,48)49)28(41)54-24-18(53-27(23(24)40)38-14-34-22-25(31)32-13-33-26(22)38)12-51-57(46,47)55-16-10-21(37-8-6-19(30)36-29(37)42)52-17(16)11-50-56(43,44)45/h3,6,8,13-18,21,23-24,27,40H,1,4-5,7,9-12H2,2H3,(H,35,39)(H,46,47)(H2,30,36,42)(H2,31,32,33)(H2,43,44,45)/t15-,16+,17-,18+,21+,23-,24-,27-/m1/s1. The lowest BCUT2D eigenvalue weighted by Crippen LogP contribution is -2.47. The highest BCUT2D eigenvalue weighted by Crippen LogP contribution is 2.50. The molecule has 26 nitrogen and oxygen atoms in total. The Kier molecular flexibility index (Phi) is 14.2. The van der Waals surface area contributed by atoms with Crippen LogP contribution in [0.4, 0.5) is 11.6 Å². The van der Waals surface area contributed by atoms with Gasteiger partial charge in [-0.15, -0.1) is 6.58 Å². The first-order valence-corrected chi connectivity index (χ1v) is 22.1. The van der Waals surface area contributed by atoms with Crippen LogP contribution in [0.3, 0.4) is 0 Å². The number of nitrogens with one attached hydrogen (secondary N) is 1. The van der Waals surface area contributed by atoms with Gasteiger partial charge in [-0.2, -0.15) is 4.98 Å². The second-order valence-electron chi connectivity index (χ2n) is 13.0. The molecule has 2 aliphatic rings. The molecule has 0 aliphatic carbocycles. The number of allylic oxidation sites excluding steroid dienone is 1. The van der Waals surface area contributed by atoms with Crippen molar-refractivity contribution in [1.82, 2.24) is 34.4 Å². The van der Waals surface area contributed by atoms with E-state index >= 15 is 0 Å². The van der Waals surface area contributed by atoms with Crippen LogP contribution in [0.15, 0.2) is 42.4 Å². The van der Waals surface area contributed by atoms with Crippen molar-refractivity contribution in [1.29, 1.82) is 0 Å². The molecule has 3 aromatic rings. The summed E-state index contributed by atoms with van der Waals surface area (Å²) < 4.78 is 83.3. The maximum absolute atomic E-state index is 13.6. The summed E-state index contributed by atoms with van der Waals surface area (Å²) in [5.74, 6) is -2.54. The van der Waals surface area contributed by atoms with E-state index in [4.69, 9.17) is 34.7 Å². The zero-order valence-electron chi connectivity index (χ0n) is 30.4. The summed E-state index contributed by atoms with van der Waals surface area (Å²) in [6.07, 6.45) is -5.67. The molecule has 29 heteroatoms. The zero-order valence-corrected chi connectivity index (χ0v) is 33.0. The van der Waals surface area contributed by atoms with Crippen LogP contribution < -0.4 is 22.5 Å². The molecule has 3 aromatic heterocycles. The molecule has 2 saturated heterocycles. The minimum absolute atomic E-state index is 0.0291. The predicted molar refractivity (Wildman–Crippen MR) is 195 cm³/mol. The molecule has 320 valence electrons. The summed E-state index contributed by atoms with van der Waals surface area (Å²) in [5, 5.41) is 13.9. The Morgan fingerprint density at radius 2 is 1.84 bits per heavy atom. The van der Waals surface area contributed by atoms with Gasteiger partial charge >= 0.3 is 27.3 Å². The van der Waals surface area contributed by atoms with Crippen LogP contribution in [0.5, 0.6) is 0 Å². The molecule has 5 rings (SSSR count). The first-order valence-electron chi connectivity index (χ1n) is 17.1. The van der Waals surface area contributed by atoms with E-state index in [2.05, 4.69) is 36.4 Å². The highest BCUT2D eigenvalue weighted by Gasteiger charge is 2.50. The fraction of sp³-hybridized carbons (Fsp3) is 0.552. The Bertz CT molecular complexity index is 2260. The van der Waals surface area contributed by atoms with Gasteiger partial charge in [-0.05, 0) is 18.9 Å². The Labute approximate surface area is 328 Å². The number of phosphoric ester groups is 2. The molecule has 5 heterocycles. The van der Waals surface area contributed by atoms with Gasteiger partial charge in [-0.1, -0.05) is 6.08 Å². The fourth-order valence-corrected chi connectivity index (χ4v) is 7.86. The molecule has 2 aliphatic heterocycles. The van der Waals surface area contributed by atoms with Crippen LogP contribution >= 0.6 is 15.6 Å². The average molecular weight is 882 g/mol. The van der Waals surface area contributed by atoms with Crippen LogP contribution in [-0.4, -0.2) is 131 Å². The number of aliphatic hydroxyl groups excluding tert-OH is 1. The van der Waals surface area contributed by atoms with Crippen LogP contribution in [0.25, 0.3) is 11.2 Å². The number of anilines is 2. The van der Waals surface area contributed by atoms with Gasteiger partial charge < -0.3 is 50.8 Å². The van der Waals surface area contributed by atoms with Gasteiger partial charge in [0.25, 0.3) is 0 Å². The number of nitrogens with zero attached hydrogens (tertiary/aromatic N) is 6. The quantitative estimate of drug-likeness (QED) is 0.0397. The number of ether oxygens (including phenoxy) is 3. The van der Waals surface area contributed by atoms with Crippen LogP contribution in [0, 0.1) is 0 Å². The van der Waals surface area contributed by atoms with E-state index in [9.17, 15) is 51.7 Å².